The molecule has 0 saturated carbocycles. The molecule has 1 amide bonds. The first-order valence-electron chi connectivity index (χ1n) is 8.51. The van der Waals surface area contributed by atoms with Crippen LogP contribution < -0.4 is 5.32 Å². The van der Waals surface area contributed by atoms with E-state index in [1.54, 1.807) is 6.20 Å². The number of nitrogens with one attached hydrogen (secondary N) is 1. The van der Waals surface area contributed by atoms with Crippen LogP contribution in [-0.2, 0) is 21.2 Å². The van der Waals surface area contributed by atoms with Crippen molar-refractivity contribution in [3.63, 3.8) is 0 Å². The Morgan fingerprint density at radius 1 is 1.32 bits per heavy atom. The van der Waals surface area contributed by atoms with Crippen LogP contribution >= 0.6 is 0 Å². The standard InChI is InChI=1S/C18H23N3O3S/c1-2-21(12-17(22)20-16-8-10-25(23,24)13-16)11-15-6-3-5-14-7-4-9-19-18(14)15/h3-7,9,16H,2,8,10-13H2,1H3,(H,20,22). The van der Waals surface area contributed by atoms with Crippen LogP contribution in [0.2, 0.25) is 0 Å². The Kier molecular flexibility index (Phi) is 5.34. The number of benzene rings is 1. The van der Waals surface area contributed by atoms with Crippen LogP contribution in [-0.4, -0.2) is 54.8 Å². The maximum Gasteiger partial charge on any atom is 0.234 e. The number of nitrogens with zero attached hydrogens (tertiary/aromatic N) is 2. The predicted molar refractivity (Wildman–Crippen MR) is 97.9 cm³/mol. The van der Waals surface area contributed by atoms with Crippen molar-refractivity contribution in [3.8, 4) is 0 Å². The van der Waals surface area contributed by atoms with Gasteiger partial charge in [0, 0.05) is 24.2 Å². The number of rotatable bonds is 6. The van der Waals surface area contributed by atoms with E-state index >= 15 is 0 Å². The van der Waals surface area contributed by atoms with Gasteiger partial charge in [-0.15, -0.1) is 0 Å². The van der Waals surface area contributed by atoms with Crippen LogP contribution in [0.25, 0.3) is 10.9 Å². The molecule has 1 atom stereocenters. The van der Waals surface area contributed by atoms with E-state index in [4.69, 9.17) is 0 Å². The van der Waals surface area contributed by atoms with Crippen LogP contribution in [0.3, 0.4) is 0 Å². The van der Waals surface area contributed by atoms with Gasteiger partial charge in [0.15, 0.2) is 9.84 Å². The van der Waals surface area contributed by atoms with Gasteiger partial charge in [-0.25, -0.2) is 8.42 Å². The van der Waals surface area contributed by atoms with Crippen molar-refractivity contribution in [2.24, 2.45) is 0 Å². The fourth-order valence-corrected chi connectivity index (χ4v) is 4.87. The van der Waals surface area contributed by atoms with Gasteiger partial charge < -0.3 is 5.32 Å². The van der Waals surface area contributed by atoms with Gasteiger partial charge in [0.2, 0.25) is 5.91 Å². The molecule has 0 radical (unpaired) electrons. The molecule has 1 aromatic heterocycles. The van der Waals surface area contributed by atoms with Crippen LogP contribution in [0.5, 0.6) is 0 Å². The number of para-hydroxylation sites is 1. The smallest absolute Gasteiger partial charge is 0.234 e. The fraction of sp³-hybridized carbons (Fsp3) is 0.444. The number of amides is 1. The van der Waals surface area contributed by atoms with Crippen LogP contribution in [0.4, 0.5) is 0 Å². The van der Waals surface area contributed by atoms with Crippen molar-refractivity contribution in [2.45, 2.75) is 25.9 Å². The topological polar surface area (TPSA) is 79.4 Å². The Labute approximate surface area is 148 Å². The summed E-state index contributed by atoms with van der Waals surface area (Å²) in [6, 6.07) is 9.73. The van der Waals surface area contributed by atoms with Crippen molar-refractivity contribution in [1.82, 2.24) is 15.2 Å². The number of aromatic nitrogens is 1. The Bertz CT molecular complexity index is 862. The average molecular weight is 361 g/mol. The highest BCUT2D eigenvalue weighted by molar-refractivity contribution is 7.91. The molecule has 1 aliphatic heterocycles. The molecule has 0 aliphatic carbocycles. The van der Waals surface area contributed by atoms with E-state index in [1.807, 2.05) is 42.2 Å². The molecule has 2 aromatic rings. The molecule has 7 heteroatoms. The van der Waals surface area contributed by atoms with Gasteiger partial charge >= 0.3 is 0 Å². The van der Waals surface area contributed by atoms with Crippen molar-refractivity contribution in [1.29, 1.82) is 0 Å². The number of likely N-dealkylation sites (N-methyl/N-ethyl adjacent to an activating group) is 1. The zero-order valence-corrected chi connectivity index (χ0v) is 15.1. The third-order valence-corrected chi connectivity index (χ3v) is 6.29. The second-order valence-electron chi connectivity index (χ2n) is 6.46. The summed E-state index contributed by atoms with van der Waals surface area (Å²) in [5, 5.41) is 3.93. The molecule has 134 valence electrons. The molecule has 6 nitrogen and oxygen atoms in total. The van der Waals surface area contributed by atoms with E-state index in [-0.39, 0.29) is 30.0 Å². The van der Waals surface area contributed by atoms with Crippen LogP contribution in [0, 0.1) is 0 Å². The highest BCUT2D eigenvalue weighted by Crippen LogP contribution is 2.17. The van der Waals surface area contributed by atoms with Gasteiger partial charge in [0.05, 0.1) is 23.6 Å². The SMILES string of the molecule is CCN(CC(=O)NC1CCS(=O)(=O)C1)Cc1cccc2cccnc12. The number of fused-ring (bicyclic) bond motifs is 1. The fourth-order valence-electron chi connectivity index (χ4n) is 3.20. The predicted octanol–water partition coefficient (Wildman–Crippen LogP) is 1.36. The van der Waals surface area contributed by atoms with E-state index in [1.165, 1.54) is 0 Å². The number of carbonyl (C=O) groups excluding carboxylic acids is 1. The number of hydrogen-bond donors (Lipinski definition) is 1. The summed E-state index contributed by atoms with van der Waals surface area (Å²) in [4.78, 5) is 18.8. The molecule has 25 heavy (non-hydrogen) atoms. The summed E-state index contributed by atoms with van der Waals surface area (Å²) in [5.41, 5.74) is 2.03. The minimum atomic E-state index is -2.98. The second kappa shape index (κ2) is 7.49. The number of hydrogen-bond acceptors (Lipinski definition) is 5. The van der Waals surface area contributed by atoms with Gasteiger partial charge in [-0.2, -0.15) is 0 Å². The maximum absolute atomic E-state index is 12.3. The Balaban J connectivity index is 1.63. The lowest BCUT2D eigenvalue weighted by molar-refractivity contribution is -0.122. The van der Waals surface area contributed by atoms with Gasteiger partial charge in [0.25, 0.3) is 0 Å². The molecule has 1 aliphatic rings. The third-order valence-electron chi connectivity index (χ3n) is 4.52. The van der Waals surface area contributed by atoms with Gasteiger partial charge in [0.1, 0.15) is 0 Å². The van der Waals surface area contributed by atoms with E-state index < -0.39 is 9.84 Å². The first-order chi connectivity index (χ1) is 12.0. The third kappa shape index (κ3) is 4.55. The highest BCUT2D eigenvalue weighted by atomic mass is 32.2. The van der Waals surface area contributed by atoms with Crippen molar-refractivity contribution >= 4 is 26.6 Å². The van der Waals surface area contributed by atoms with Crippen LogP contribution in [0.1, 0.15) is 18.9 Å². The normalized spacial score (nSPS) is 19.4. The van der Waals surface area contributed by atoms with Crippen molar-refractivity contribution < 1.29 is 13.2 Å². The van der Waals surface area contributed by atoms with Crippen molar-refractivity contribution in [3.05, 3.63) is 42.1 Å². The maximum atomic E-state index is 12.3. The Morgan fingerprint density at radius 3 is 2.84 bits per heavy atom. The summed E-state index contributed by atoms with van der Waals surface area (Å²) in [6.45, 7) is 3.60. The molecule has 0 bridgehead atoms. The van der Waals surface area contributed by atoms with Gasteiger partial charge in [-0.1, -0.05) is 31.2 Å². The molecule has 1 N–H and O–H groups in total. The molecule has 2 heterocycles. The zero-order chi connectivity index (χ0) is 17.9. The van der Waals surface area contributed by atoms with E-state index in [2.05, 4.69) is 10.3 Å². The Morgan fingerprint density at radius 2 is 2.12 bits per heavy atom. The molecule has 1 fully saturated rings. The monoisotopic (exact) mass is 361 g/mol. The number of sulfone groups is 1. The van der Waals surface area contributed by atoms with Crippen LogP contribution in [0.15, 0.2) is 36.5 Å². The molecular formula is C18H23N3O3S. The molecule has 0 spiro atoms. The molecule has 1 saturated heterocycles. The lowest BCUT2D eigenvalue weighted by Gasteiger charge is -2.21. The van der Waals surface area contributed by atoms with Crippen molar-refractivity contribution in [2.75, 3.05) is 24.6 Å². The number of pyridine rings is 1. The first-order valence-corrected chi connectivity index (χ1v) is 10.3. The van der Waals surface area contributed by atoms with E-state index in [9.17, 15) is 13.2 Å². The molecule has 3 rings (SSSR count). The van der Waals surface area contributed by atoms with E-state index in [0.29, 0.717) is 13.0 Å². The zero-order valence-electron chi connectivity index (χ0n) is 14.3. The molecule has 1 unspecified atom stereocenters. The van der Waals surface area contributed by atoms with E-state index in [0.717, 1.165) is 23.0 Å². The second-order valence-corrected chi connectivity index (χ2v) is 8.69. The lowest BCUT2D eigenvalue weighted by atomic mass is 10.1. The summed E-state index contributed by atoms with van der Waals surface area (Å²) >= 11 is 0. The van der Waals surface area contributed by atoms with Gasteiger partial charge in [-0.05, 0) is 24.6 Å². The highest BCUT2D eigenvalue weighted by Gasteiger charge is 2.29. The largest absolute Gasteiger partial charge is 0.351 e. The summed E-state index contributed by atoms with van der Waals surface area (Å²) in [5.74, 6) is 0.0898. The number of carbonyl (C=O) groups is 1. The lowest BCUT2D eigenvalue weighted by Crippen LogP contribution is -2.42. The quantitative estimate of drug-likeness (QED) is 0.840. The Hall–Kier alpha value is -1.99. The minimum absolute atomic E-state index is 0.0537. The molecule has 1 aromatic carbocycles. The van der Waals surface area contributed by atoms with Gasteiger partial charge in [-0.3, -0.25) is 14.7 Å². The summed E-state index contributed by atoms with van der Waals surface area (Å²) < 4.78 is 23.0. The minimum Gasteiger partial charge on any atom is -0.351 e. The summed E-state index contributed by atoms with van der Waals surface area (Å²) in [6.07, 6.45) is 2.28. The summed E-state index contributed by atoms with van der Waals surface area (Å²) in [7, 11) is -2.98. The molecular weight excluding hydrogens is 338 g/mol. The first kappa shape index (κ1) is 17.8. The average Bonchev–Trinajstić information content (AvgIpc) is 2.93.